The summed E-state index contributed by atoms with van der Waals surface area (Å²) in [4.78, 5) is 17.2. The summed E-state index contributed by atoms with van der Waals surface area (Å²) in [5.74, 6) is -9.95. The van der Waals surface area contributed by atoms with Crippen LogP contribution in [-0.2, 0) is 31.4 Å². The third-order valence-electron chi connectivity index (χ3n) is 9.03. The number of anilines is 2. The molecule has 9 nitrogen and oxygen atoms in total. The van der Waals surface area contributed by atoms with Gasteiger partial charge >= 0.3 is 0 Å². The van der Waals surface area contributed by atoms with Crippen molar-refractivity contribution in [2.45, 2.75) is 49.5 Å². The number of benzene rings is 3. The van der Waals surface area contributed by atoms with Gasteiger partial charge in [-0.2, -0.15) is 4.31 Å². The summed E-state index contributed by atoms with van der Waals surface area (Å²) in [5, 5.41) is 0.610. The number of likely N-dealkylation sites (N-methyl/N-ethyl adjacent to an activating group) is 1. The van der Waals surface area contributed by atoms with Crippen molar-refractivity contribution in [2.75, 3.05) is 29.9 Å². The van der Waals surface area contributed by atoms with E-state index >= 15 is 0 Å². The molecule has 1 saturated carbocycles. The molecule has 0 atom stereocenters. The van der Waals surface area contributed by atoms with Crippen LogP contribution in [0.1, 0.15) is 49.1 Å². The van der Waals surface area contributed by atoms with E-state index in [1.54, 1.807) is 24.4 Å². The van der Waals surface area contributed by atoms with Gasteiger partial charge in [-0.05, 0) is 78.4 Å². The first-order chi connectivity index (χ1) is 25.6. The quantitative estimate of drug-likeness (QED) is 0.101. The predicted molar refractivity (Wildman–Crippen MR) is 198 cm³/mol. The number of carbonyl (C=O) groups excluding carboxylic acids is 1. The lowest BCUT2D eigenvalue weighted by molar-refractivity contribution is -0.118. The highest BCUT2D eigenvalue weighted by Crippen LogP contribution is 2.34. The van der Waals surface area contributed by atoms with E-state index in [-0.39, 0.29) is 27.1 Å². The van der Waals surface area contributed by atoms with Crippen molar-refractivity contribution in [3.05, 3.63) is 131 Å². The molecule has 0 saturated heterocycles. The van der Waals surface area contributed by atoms with Crippen LogP contribution in [0.4, 0.5) is 33.3 Å². The summed E-state index contributed by atoms with van der Waals surface area (Å²) in [7, 11) is -8.66. The molecule has 1 aliphatic carbocycles. The summed E-state index contributed by atoms with van der Waals surface area (Å²) in [6.45, 7) is -0.591. The van der Waals surface area contributed by atoms with Crippen LogP contribution in [0, 0.1) is 0 Å². The molecule has 0 aliphatic heterocycles. The Labute approximate surface area is 310 Å². The zero-order chi connectivity index (χ0) is 39.2. The minimum Gasteiger partial charge on any atom is -0.307 e. The number of rotatable bonds is 14. The summed E-state index contributed by atoms with van der Waals surface area (Å²) >= 11 is 0. The third-order valence-corrected chi connectivity index (χ3v) is 12.3. The molecule has 0 spiro atoms. The number of pyridine rings is 1. The standard InChI is InChI=1S/C38H37F5N4O5S2/c1-25(40)38(37(43)36(42)33(41)22-39)54(51,52)46(2)24-35(48)47(23-26-10-12-28(13-11-26)27-7-4-3-5-8-27)31-16-14-30(15-17-31)45-53(49,50)32-18-19-34-29(21-32)9-6-20-44-34/h6,9-21,27,45H,1,3-5,7-8,22-24H2,2H3. The highest BCUT2D eigenvalue weighted by atomic mass is 32.2. The van der Waals surface area contributed by atoms with E-state index in [2.05, 4.69) is 16.3 Å². The second-order valence-corrected chi connectivity index (χ2v) is 16.4. The van der Waals surface area contributed by atoms with Gasteiger partial charge in [-0.25, -0.2) is 38.8 Å². The van der Waals surface area contributed by atoms with Gasteiger partial charge in [-0.1, -0.05) is 56.2 Å². The minimum atomic E-state index is -5.38. The summed E-state index contributed by atoms with van der Waals surface area (Å²) in [6, 6.07) is 21.0. The van der Waals surface area contributed by atoms with E-state index < -0.39 is 67.4 Å². The maximum Gasteiger partial charge on any atom is 0.261 e. The first kappa shape index (κ1) is 40.3. The van der Waals surface area contributed by atoms with Gasteiger partial charge in [0.1, 0.15) is 12.5 Å². The molecule has 1 aliphatic rings. The number of nitrogens with zero attached hydrogens (tertiary/aromatic N) is 3. The van der Waals surface area contributed by atoms with Gasteiger partial charge in [0, 0.05) is 30.0 Å². The van der Waals surface area contributed by atoms with E-state index in [1.165, 1.54) is 47.7 Å². The molecule has 0 bridgehead atoms. The van der Waals surface area contributed by atoms with Gasteiger partial charge in [0.2, 0.25) is 15.9 Å². The van der Waals surface area contributed by atoms with E-state index in [0.717, 1.165) is 38.3 Å². The SMILES string of the molecule is C=C(F)C(=C(F)C(F)=C(F)CF)S(=O)(=O)N(C)CC(=O)N(Cc1ccc(C2CCCCC2)cc1)c1ccc(NS(=O)(=O)c2ccc3ncccc3c2)cc1. The summed E-state index contributed by atoms with van der Waals surface area (Å²) in [5.41, 5.74) is 2.71. The molecule has 286 valence electrons. The van der Waals surface area contributed by atoms with Crippen LogP contribution in [0.3, 0.4) is 0 Å². The average Bonchev–Trinajstić information content (AvgIpc) is 3.16. The Morgan fingerprint density at radius 3 is 2.19 bits per heavy atom. The molecule has 1 amide bonds. The normalized spacial score (nSPS) is 15.1. The monoisotopic (exact) mass is 788 g/mol. The number of hydrogen-bond donors (Lipinski definition) is 1. The van der Waals surface area contributed by atoms with Crippen LogP contribution in [0.5, 0.6) is 0 Å². The largest absolute Gasteiger partial charge is 0.307 e. The topological polar surface area (TPSA) is 117 Å². The van der Waals surface area contributed by atoms with Gasteiger partial charge in [0.05, 0.1) is 23.5 Å². The Morgan fingerprint density at radius 1 is 0.889 bits per heavy atom. The van der Waals surface area contributed by atoms with E-state index in [1.807, 2.05) is 24.3 Å². The van der Waals surface area contributed by atoms with Crippen molar-refractivity contribution in [1.29, 1.82) is 0 Å². The molecule has 0 radical (unpaired) electrons. The lowest BCUT2D eigenvalue weighted by atomic mass is 9.84. The Hall–Kier alpha value is -4.93. The van der Waals surface area contributed by atoms with Crippen molar-refractivity contribution in [2.24, 2.45) is 0 Å². The van der Waals surface area contributed by atoms with Crippen LogP contribution >= 0.6 is 0 Å². The molecule has 54 heavy (non-hydrogen) atoms. The second-order valence-electron chi connectivity index (χ2n) is 12.7. The molecule has 0 unspecified atom stereocenters. The third kappa shape index (κ3) is 9.22. The highest BCUT2D eigenvalue weighted by Gasteiger charge is 2.35. The smallest absolute Gasteiger partial charge is 0.261 e. The van der Waals surface area contributed by atoms with Gasteiger partial charge < -0.3 is 4.90 Å². The number of amides is 1. The highest BCUT2D eigenvalue weighted by molar-refractivity contribution is 7.93. The van der Waals surface area contributed by atoms with Crippen molar-refractivity contribution < 1.29 is 43.6 Å². The lowest BCUT2D eigenvalue weighted by Gasteiger charge is -2.27. The van der Waals surface area contributed by atoms with E-state index in [9.17, 15) is 43.6 Å². The lowest BCUT2D eigenvalue weighted by Crippen LogP contribution is -2.41. The zero-order valence-electron chi connectivity index (χ0n) is 29.1. The molecule has 1 fully saturated rings. The van der Waals surface area contributed by atoms with Gasteiger partial charge in [-0.15, -0.1) is 0 Å². The molecular formula is C38H37F5N4O5S2. The maximum absolute atomic E-state index is 14.7. The molecule has 1 aromatic heterocycles. The van der Waals surface area contributed by atoms with Gasteiger partial charge in [-0.3, -0.25) is 14.5 Å². The molecule has 4 aromatic rings. The first-order valence-electron chi connectivity index (χ1n) is 16.8. The molecule has 3 aromatic carbocycles. The average molecular weight is 789 g/mol. The fourth-order valence-electron chi connectivity index (χ4n) is 6.15. The zero-order valence-corrected chi connectivity index (χ0v) is 30.7. The van der Waals surface area contributed by atoms with Crippen LogP contribution in [-0.4, -0.2) is 52.3 Å². The molecule has 1 N–H and O–H groups in total. The fraction of sp³-hybridized carbons (Fsp3) is 0.263. The van der Waals surface area contributed by atoms with Crippen molar-refractivity contribution in [3.8, 4) is 0 Å². The van der Waals surface area contributed by atoms with Gasteiger partial charge in [0.15, 0.2) is 22.4 Å². The number of nitrogens with one attached hydrogen (secondary N) is 1. The van der Waals surface area contributed by atoms with Crippen LogP contribution in [0.2, 0.25) is 0 Å². The number of sulfonamides is 2. The molecule has 16 heteroatoms. The Morgan fingerprint density at radius 2 is 1.56 bits per heavy atom. The second kappa shape index (κ2) is 17.0. The van der Waals surface area contributed by atoms with Crippen LogP contribution in [0.15, 0.2) is 125 Å². The number of hydrogen-bond acceptors (Lipinski definition) is 6. The number of carbonyl (C=O) groups is 1. The molecular weight excluding hydrogens is 752 g/mol. The Kier molecular flexibility index (Phi) is 12.7. The van der Waals surface area contributed by atoms with Gasteiger partial charge in [0.25, 0.3) is 10.0 Å². The number of fused-ring (bicyclic) bond motifs is 1. The Balaban J connectivity index is 1.43. The predicted octanol–water partition coefficient (Wildman–Crippen LogP) is 8.66. The molecule has 1 heterocycles. The van der Waals surface area contributed by atoms with Crippen molar-refractivity contribution >= 4 is 48.2 Å². The number of aromatic nitrogens is 1. The van der Waals surface area contributed by atoms with E-state index in [0.29, 0.717) is 22.4 Å². The minimum absolute atomic E-state index is 0.0200. The molecule has 5 rings (SSSR count). The fourth-order valence-corrected chi connectivity index (χ4v) is 8.43. The number of alkyl halides is 1. The van der Waals surface area contributed by atoms with Crippen molar-refractivity contribution in [3.63, 3.8) is 0 Å². The summed E-state index contributed by atoms with van der Waals surface area (Å²) in [6.07, 6.45) is 7.13. The first-order valence-corrected chi connectivity index (χ1v) is 19.7. The maximum atomic E-state index is 14.7. The summed E-state index contributed by atoms with van der Waals surface area (Å²) < 4.78 is 125. The van der Waals surface area contributed by atoms with Crippen LogP contribution < -0.4 is 9.62 Å². The van der Waals surface area contributed by atoms with E-state index in [4.69, 9.17) is 0 Å². The van der Waals surface area contributed by atoms with Crippen LogP contribution in [0.25, 0.3) is 10.9 Å². The Bertz CT molecular complexity index is 2310. The van der Waals surface area contributed by atoms with Crippen molar-refractivity contribution in [1.82, 2.24) is 9.29 Å². The number of allylic oxidation sites excluding steroid dienone is 4. The number of halogens is 5.